The predicted molar refractivity (Wildman–Crippen MR) is 92.8 cm³/mol. The highest BCUT2D eigenvalue weighted by molar-refractivity contribution is 6.32. The standard InChI is InChI=1S/C16H23ClN4O2/c1-3-23-9-8-18-6-7-19-16-10-12(2)21(20-16)13-4-5-15(22)14(17)11-13/h4-5,10-11,18,22H,3,6-9H2,1-2H3,(H,19,20). The molecule has 7 heteroatoms. The van der Waals surface area contributed by atoms with E-state index in [1.165, 1.54) is 0 Å². The molecule has 6 nitrogen and oxygen atoms in total. The zero-order valence-corrected chi connectivity index (χ0v) is 14.2. The van der Waals surface area contributed by atoms with Gasteiger partial charge in [-0.15, -0.1) is 0 Å². The summed E-state index contributed by atoms with van der Waals surface area (Å²) in [6.45, 7) is 7.89. The van der Waals surface area contributed by atoms with E-state index in [9.17, 15) is 5.11 Å². The van der Waals surface area contributed by atoms with Gasteiger partial charge in [-0.25, -0.2) is 4.68 Å². The Morgan fingerprint density at radius 3 is 2.83 bits per heavy atom. The van der Waals surface area contributed by atoms with Crippen LogP contribution in [-0.4, -0.2) is 47.7 Å². The summed E-state index contributed by atoms with van der Waals surface area (Å²) in [5, 5.41) is 20.9. The lowest BCUT2D eigenvalue weighted by Gasteiger charge is -2.06. The first-order chi connectivity index (χ1) is 11.1. The first-order valence-corrected chi connectivity index (χ1v) is 8.07. The van der Waals surface area contributed by atoms with Crippen LogP contribution in [0.4, 0.5) is 5.82 Å². The Morgan fingerprint density at radius 1 is 1.26 bits per heavy atom. The van der Waals surface area contributed by atoms with E-state index in [1.54, 1.807) is 22.9 Å². The molecule has 0 amide bonds. The monoisotopic (exact) mass is 338 g/mol. The van der Waals surface area contributed by atoms with Crippen LogP contribution in [-0.2, 0) is 4.74 Å². The quantitative estimate of drug-likeness (QED) is 0.613. The van der Waals surface area contributed by atoms with Gasteiger partial charge in [0, 0.05) is 38.0 Å². The van der Waals surface area contributed by atoms with Crippen molar-refractivity contribution in [1.82, 2.24) is 15.1 Å². The fourth-order valence-corrected chi connectivity index (χ4v) is 2.32. The number of hydrogen-bond acceptors (Lipinski definition) is 5. The molecule has 2 aromatic rings. The van der Waals surface area contributed by atoms with Gasteiger partial charge >= 0.3 is 0 Å². The third kappa shape index (κ3) is 5.13. The number of hydrogen-bond donors (Lipinski definition) is 3. The number of rotatable bonds is 9. The minimum absolute atomic E-state index is 0.0664. The predicted octanol–water partition coefficient (Wildman–Crippen LogP) is 2.58. The van der Waals surface area contributed by atoms with Gasteiger partial charge in [0.05, 0.1) is 17.3 Å². The summed E-state index contributed by atoms with van der Waals surface area (Å²) < 4.78 is 7.05. The zero-order valence-electron chi connectivity index (χ0n) is 13.5. The molecule has 1 heterocycles. The second-order valence-electron chi connectivity index (χ2n) is 5.09. The third-order valence-corrected chi connectivity index (χ3v) is 3.60. The zero-order chi connectivity index (χ0) is 16.7. The maximum Gasteiger partial charge on any atom is 0.148 e. The van der Waals surface area contributed by atoms with Crippen molar-refractivity contribution in [2.24, 2.45) is 0 Å². The van der Waals surface area contributed by atoms with E-state index in [4.69, 9.17) is 16.3 Å². The highest BCUT2D eigenvalue weighted by Crippen LogP contribution is 2.26. The fourth-order valence-electron chi connectivity index (χ4n) is 2.14. The number of aromatic hydroxyl groups is 1. The highest BCUT2D eigenvalue weighted by atomic mass is 35.5. The number of anilines is 1. The number of nitrogens with zero attached hydrogens (tertiary/aromatic N) is 2. The average molecular weight is 339 g/mol. The van der Waals surface area contributed by atoms with E-state index < -0.39 is 0 Å². The van der Waals surface area contributed by atoms with E-state index in [0.717, 1.165) is 50.0 Å². The van der Waals surface area contributed by atoms with Gasteiger partial charge in [0.1, 0.15) is 11.6 Å². The molecule has 0 fully saturated rings. The molecule has 0 unspecified atom stereocenters. The number of phenolic OH excluding ortho intramolecular Hbond substituents is 1. The number of aromatic nitrogens is 2. The topological polar surface area (TPSA) is 71.3 Å². The Balaban J connectivity index is 1.87. The molecule has 0 saturated heterocycles. The summed E-state index contributed by atoms with van der Waals surface area (Å²) in [7, 11) is 0. The van der Waals surface area contributed by atoms with Crippen molar-refractivity contribution in [2.45, 2.75) is 13.8 Å². The molecular weight excluding hydrogens is 316 g/mol. The Hall–Kier alpha value is -1.76. The smallest absolute Gasteiger partial charge is 0.148 e. The molecule has 0 aliphatic carbocycles. The SMILES string of the molecule is CCOCCNCCNc1cc(C)n(-c2ccc(O)c(Cl)c2)n1. The summed E-state index contributed by atoms with van der Waals surface area (Å²) in [6, 6.07) is 7.01. The van der Waals surface area contributed by atoms with Gasteiger partial charge in [-0.05, 0) is 32.0 Å². The lowest BCUT2D eigenvalue weighted by atomic mass is 10.3. The van der Waals surface area contributed by atoms with E-state index >= 15 is 0 Å². The molecule has 1 aromatic heterocycles. The minimum Gasteiger partial charge on any atom is -0.506 e. The van der Waals surface area contributed by atoms with Crippen molar-refractivity contribution in [1.29, 1.82) is 0 Å². The molecule has 0 atom stereocenters. The highest BCUT2D eigenvalue weighted by Gasteiger charge is 2.08. The normalized spacial score (nSPS) is 10.9. The van der Waals surface area contributed by atoms with Gasteiger partial charge in [-0.1, -0.05) is 11.6 Å². The molecule has 0 spiro atoms. The molecular formula is C16H23ClN4O2. The van der Waals surface area contributed by atoms with Gasteiger partial charge in [-0.3, -0.25) is 0 Å². The average Bonchev–Trinajstić information content (AvgIpc) is 2.90. The summed E-state index contributed by atoms with van der Waals surface area (Å²) in [5.41, 5.74) is 1.80. The lowest BCUT2D eigenvalue weighted by Crippen LogP contribution is -2.25. The third-order valence-electron chi connectivity index (χ3n) is 3.30. The first-order valence-electron chi connectivity index (χ1n) is 7.69. The molecule has 126 valence electrons. The van der Waals surface area contributed by atoms with Crippen molar-refractivity contribution in [3.05, 3.63) is 35.0 Å². The van der Waals surface area contributed by atoms with Crippen molar-refractivity contribution >= 4 is 17.4 Å². The Morgan fingerprint density at radius 2 is 2.09 bits per heavy atom. The fraction of sp³-hybridized carbons (Fsp3) is 0.438. The molecule has 1 aromatic carbocycles. The van der Waals surface area contributed by atoms with Crippen molar-refractivity contribution in [2.75, 3.05) is 38.2 Å². The van der Waals surface area contributed by atoms with E-state index in [-0.39, 0.29) is 5.75 Å². The molecule has 0 aliphatic heterocycles. The van der Waals surface area contributed by atoms with E-state index in [0.29, 0.717) is 5.02 Å². The Kier molecular flexibility index (Phi) is 6.70. The van der Waals surface area contributed by atoms with E-state index in [2.05, 4.69) is 15.7 Å². The van der Waals surface area contributed by atoms with Crippen LogP contribution in [0.3, 0.4) is 0 Å². The summed E-state index contributed by atoms with van der Waals surface area (Å²) in [4.78, 5) is 0. The summed E-state index contributed by atoms with van der Waals surface area (Å²) in [5.74, 6) is 0.870. The largest absolute Gasteiger partial charge is 0.506 e. The van der Waals surface area contributed by atoms with Crippen LogP contribution >= 0.6 is 11.6 Å². The van der Waals surface area contributed by atoms with Crippen LogP contribution in [0.25, 0.3) is 5.69 Å². The summed E-state index contributed by atoms with van der Waals surface area (Å²) in [6.07, 6.45) is 0. The van der Waals surface area contributed by atoms with E-state index in [1.807, 2.05) is 19.9 Å². The number of phenols is 1. The van der Waals surface area contributed by atoms with Crippen LogP contribution in [0.2, 0.25) is 5.02 Å². The molecule has 23 heavy (non-hydrogen) atoms. The van der Waals surface area contributed by atoms with Crippen molar-refractivity contribution in [3.8, 4) is 11.4 Å². The number of benzene rings is 1. The minimum atomic E-state index is 0.0664. The van der Waals surface area contributed by atoms with Gasteiger partial charge < -0.3 is 20.5 Å². The number of nitrogens with one attached hydrogen (secondary N) is 2. The van der Waals surface area contributed by atoms with Gasteiger partial charge in [0.2, 0.25) is 0 Å². The Labute approximate surface area is 141 Å². The first kappa shape index (κ1) is 17.6. The number of aryl methyl sites for hydroxylation is 1. The second kappa shape index (κ2) is 8.76. The van der Waals surface area contributed by atoms with Crippen molar-refractivity contribution < 1.29 is 9.84 Å². The lowest BCUT2D eigenvalue weighted by molar-refractivity contribution is 0.149. The summed E-state index contributed by atoms with van der Waals surface area (Å²) >= 11 is 5.95. The van der Waals surface area contributed by atoms with Crippen LogP contribution in [0.5, 0.6) is 5.75 Å². The van der Waals surface area contributed by atoms with Gasteiger partial charge in [0.15, 0.2) is 0 Å². The van der Waals surface area contributed by atoms with Crippen molar-refractivity contribution in [3.63, 3.8) is 0 Å². The number of ether oxygens (including phenoxy) is 1. The van der Waals surface area contributed by atoms with Crippen LogP contribution in [0, 0.1) is 6.92 Å². The van der Waals surface area contributed by atoms with Crippen LogP contribution < -0.4 is 10.6 Å². The Bertz CT molecular complexity index is 631. The molecule has 2 rings (SSSR count). The maximum atomic E-state index is 9.50. The molecule has 0 aliphatic rings. The van der Waals surface area contributed by atoms with Crippen LogP contribution in [0.1, 0.15) is 12.6 Å². The second-order valence-corrected chi connectivity index (χ2v) is 5.50. The number of halogens is 1. The molecule has 3 N–H and O–H groups in total. The molecule has 0 saturated carbocycles. The van der Waals surface area contributed by atoms with Gasteiger partial charge in [0.25, 0.3) is 0 Å². The molecule has 0 radical (unpaired) electrons. The van der Waals surface area contributed by atoms with Gasteiger partial charge in [-0.2, -0.15) is 5.10 Å². The molecule has 0 bridgehead atoms. The maximum absolute atomic E-state index is 9.50. The van der Waals surface area contributed by atoms with Crippen LogP contribution in [0.15, 0.2) is 24.3 Å².